The third-order valence-corrected chi connectivity index (χ3v) is 4.31. The van der Waals surface area contributed by atoms with E-state index in [0.717, 1.165) is 16.9 Å². The van der Waals surface area contributed by atoms with Gasteiger partial charge in [0.1, 0.15) is 0 Å². The molecule has 0 radical (unpaired) electrons. The van der Waals surface area contributed by atoms with Gasteiger partial charge in [-0.2, -0.15) is 5.01 Å². The van der Waals surface area contributed by atoms with Crippen LogP contribution in [0.4, 0.5) is 17.1 Å². The highest BCUT2D eigenvalue weighted by Crippen LogP contribution is 2.29. The van der Waals surface area contributed by atoms with Crippen LogP contribution < -0.4 is 9.91 Å². The molecule has 6 nitrogen and oxygen atoms in total. The van der Waals surface area contributed by atoms with Gasteiger partial charge in [0.05, 0.1) is 16.9 Å². The van der Waals surface area contributed by atoms with Crippen LogP contribution in [0.2, 0.25) is 0 Å². The summed E-state index contributed by atoms with van der Waals surface area (Å²) in [6.07, 6.45) is 3.50. The summed E-state index contributed by atoms with van der Waals surface area (Å²) in [5, 5.41) is 5.87. The van der Waals surface area contributed by atoms with Crippen LogP contribution in [0.1, 0.15) is 5.56 Å². The smallest absolute Gasteiger partial charge is 0.285 e. The molecule has 1 aromatic heterocycles. The Morgan fingerprint density at radius 1 is 0.963 bits per heavy atom. The number of amides is 1. The molecule has 1 aliphatic heterocycles. The number of nitrogens with zero attached hydrogens (tertiary/aromatic N) is 4. The Balaban J connectivity index is 1.74. The number of para-hydroxylation sites is 2. The van der Waals surface area contributed by atoms with Crippen molar-refractivity contribution in [1.82, 2.24) is 4.98 Å². The third-order valence-electron chi connectivity index (χ3n) is 4.31. The SMILES string of the molecule is CN(c1ccncc1)c1ccccc1C1=NN(c2ccccc2)C(=O)CO1. The Kier molecular flexibility index (Phi) is 4.53. The lowest BCUT2D eigenvalue weighted by atomic mass is 10.1. The molecule has 0 bridgehead atoms. The van der Waals surface area contributed by atoms with Gasteiger partial charge in [0.2, 0.25) is 5.90 Å². The summed E-state index contributed by atoms with van der Waals surface area (Å²) >= 11 is 0. The lowest BCUT2D eigenvalue weighted by molar-refractivity contribution is -0.121. The highest BCUT2D eigenvalue weighted by Gasteiger charge is 2.26. The molecule has 134 valence electrons. The van der Waals surface area contributed by atoms with Gasteiger partial charge < -0.3 is 9.64 Å². The van der Waals surface area contributed by atoms with E-state index < -0.39 is 0 Å². The van der Waals surface area contributed by atoms with Gasteiger partial charge in [-0.1, -0.05) is 30.3 Å². The van der Waals surface area contributed by atoms with Gasteiger partial charge in [-0.05, 0) is 36.4 Å². The molecule has 2 aromatic carbocycles. The molecular formula is C21H18N4O2. The number of benzene rings is 2. The normalized spacial score (nSPS) is 13.7. The molecule has 0 aliphatic carbocycles. The fraction of sp³-hybridized carbons (Fsp3) is 0.0952. The molecule has 0 N–H and O–H groups in total. The summed E-state index contributed by atoms with van der Waals surface area (Å²) in [7, 11) is 1.97. The Hall–Kier alpha value is -3.67. The van der Waals surface area contributed by atoms with E-state index in [2.05, 4.69) is 10.1 Å². The van der Waals surface area contributed by atoms with Crippen LogP contribution in [0.5, 0.6) is 0 Å². The van der Waals surface area contributed by atoms with Crippen molar-refractivity contribution in [3.8, 4) is 0 Å². The zero-order valence-corrected chi connectivity index (χ0v) is 14.8. The van der Waals surface area contributed by atoms with Gasteiger partial charge in [-0.25, -0.2) is 0 Å². The molecule has 1 amide bonds. The summed E-state index contributed by atoms with van der Waals surface area (Å²) in [6.45, 7) is -0.0545. The summed E-state index contributed by atoms with van der Waals surface area (Å²) in [4.78, 5) is 18.4. The number of rotatable bonds is 4. The first-order valence-electron chi connectivity index (χ1n) is 8.56. The molecule has 1 aliphatic rings. The number of pyridine rings is 1. The molecule has 0 atom stereocenters. The Labute approximate surface area is 157 Å². The maximum atomic E-state index is 12.3. The number of anilines is 3. The molecule has 27 heavy (non-hydrogen) atoms. The van der Waals surface area contributed by atoms with E-state index in [0.29, 0.717) is 11.6 Å². The van der Waals surface area contributed by atoms with Crippen molar-refractivity contribution in [3.63, 3.8) is 0 Å². The maximum Gasteiger partial charge on any atom is 0.285 e. The average molecular weight is 358 g/mol. The van der Waals surface area contributed by atoms with E-state index in [-0.39, 0.29) is 12.5 Å². The van der Waals surface area contributed by atoms with Crippen molar-refractivity contribution in [3.05, 3.63) is 84.7 Å². The van der Waals surface area contributed by atoms with E-state index in [1.807, 2.05) is 78.7 Å². The van der Waals surface area contributed by atoms with Crippen molar-refractivity contribution >= 4 is 28.9 Å². The van der Waals surface area contributed by atoms with E-state index in [9.17, 15) is 4.79 Å². The summed E-state index contributed by atoms with van der Waals surface area (Å²) in [5.74, 6) is 0.208. The highest BCUT2D eigenvalue weighted by atomic mass is 16.5. The van der Waals surface area contributed by atoms with Gasteiger partial charge in [0.15, 0.2) is 6.61 Å². The Morgan fingerprint density at radius 3 is 2.44 bits per heavy atom. The third kappa shape index (κ3) is 3.37. The lowest BCUT2D eigenvalue weighted by Crippen LogP contribution is -2.37. The molecule has 0 fully saturated rings. The summed E-state index contributed by atoms with van der Waals surface area (Å²) in [5.41, 5.74) is 3.43. The molecular weight excluding hydrogens is 340 g/mol. The van der Waals surface area contributed by atoms with Crippen LogP contribution in [0.3, 0.4) is 0 Å². The Morgan fingerprint density at radius 2 is 1.67 bits per heavy atom. The van der Waals surface area contributed by atoms with Crippen LogP contribution in [-0.4, -0.2) is 30.4 Å². The topological polar surface area (TPSA) is 58.0 Å². The largest absolute Gasteiger partial charge is 0.466 e. The molecule has 3 aromatic rings. The van der Waals surface area contributed by atoms with Crippen LogP contribution in [0.25, 0.3) is 0 Å². The number of ether oxygens (including phenoxy) is 1. The van der Waals surface area contributed by atoms with Crippen molar-refractivity contribution in [1.29, 1.82) is 0 Å². The van der Waals surface area contributed by atoms with Crippen LogP contribution in [-0.2, 0) is 9.53 Å². The van der Waals surface area contributed by atoms with E-state index in [4.69, 9.17) is 4.74 Å². The second kappa shape index (κ2) is 7.29. The first-order chi connectivity index (χ1) is 13.2. The summed E-state index contributed by atoms with van der Waals surface area (Å²) in [6, 6.07) is 21.0. The standard InChI is InChI=1S/C21H18N4O2/c1-24(16-11-13-22-14-12-16)19-10-6-5-9-18(19)21-23-25(20(26)15-27-21)17-7-3-2-4-8-17/h2-14H,15H2,1H3. The number of carbonyl (C=O) groups is 1. The molecule has 2 heterocycles. The highest BCUT2D eigenvalue weighted by molar-refractivity contribution is 6.07. The van der Waals surface area contributed by atoms with E-state index in [1.165, 1.54) is 5.01 Å². The fourth-order valence-electron chi connectivity index (χ4n) is 2.92. The van der Waals surface area contributed by atoms with Gasteiger partial charge in [-0.3, -0.25) is 9.78 Å². The fourth-order valence-corrected chi connectivity index (χ4v) is 2.92. The molecule has 0 spiro atoms. The zero-order chi connectivity index (χ0) is 18.6. The lowest BCUT2D eigenvalue weighted by Gasteiger charge is -2.27. The minimum absolute atomic E-state index is 0.0545. The van der Waals surface area contributed by atoms with Gasteiger partial charge in [0, 0.05) is 25.1 Å². The van der Waals surface area contributed by atoms with Crippen molar-refractivity contribution < 1.29 is 9.53 Å². The first-order valence-corrected chi connectivity index (χ1v) is 8.56. The first kappa shape index (κ1) is 16.8. The summed E-state index contributed by atoms with van der Waals surface area (Å²) < 4.78 is 5.67. The maximum absolute atomic E-state index is 12.3. The predicted octanol–water partition coefficient (Wildman–Crippen LogP) is 3.57. The minimum atomic E-state index is -0.204. The van der Waals surface area contributed by atoms with Crippen LogP contribution in [0, 0.1) is 0 Å². The monoisotopic (exact) mass is 358 g/mol. The molecule has 6 heteroatoms. The van der Waals surface area contributed by atoms with Crippen molar-refractivity contribution in [2.24, 2.45) is 5.10 Å². The van der Waals surface area contributed by atoms with E-state index >= 15 is 0 Å². The van der Waals surface area contributed by atoms with Crippen molar-refractivity contribution in [2.75, 3.05) is 23.6 Å². The minimum Gasteiger partial charge on any atom is -0.466 e. The Bertz CT molecular complexity index is 974. The number of carbonyl (C=O) groups excluding carboxylic acids is 1. The van der Waals surface area contributed by atoms with Crippen LogP contribution >= 0.6 is 0 Å². The molecule has 4 rings (SSSR count). The number of hydrogen-bond acceptors (Lipinski definition) is 5. The number of hydrogen-bond donors (Lipinski definition) is 0. The molecule has 0 unspecified atom stereocenters. The van der Waals surface area contributed by atoms with Crippen molar-refractivity contribution in [2.45, 2.75) is 0 Å². The van der Waals surface area contributed by atoms with Crippen LogP contribution in [0.15, 0.2) is 84.2 Å². The second-order valence-electron chi connectivity index (χ2n) is 6.02. The molecule has 0 saturated carbocycles. The van der Waals surface area contributed by atoms with E-state index in [1.54, 1.807) is 12.4 Å². The number of aromatic nitrogens is 1. The average Bonchev–Trinajstić information content (AvgIpc) is 2.75. The van der Waals surface area contributed by atoms with Gasteiger partial charge in [-0.15, -0.1) is 5.10 Å². The number of hydrazone groups is 1. The quantitative estimate of drug-likeness (QED) is 0.715. The van der Waals surface area contributed by atoms with Gasteiger partial charge >= 0.3 is 0 Å². The second-order valence-corrected chi connectivity index (χ2v) is 6.02. The molecule has 0 saturated heterocycles. The zero-order valence-electron chi connectivity index (χ0n) is 14.8. The van der Waals surface area contributed by atoms with Gasteiger partial charge in [0.25, 0.3) is 5.91 Å². The predicted molar refractivity (Wildman–Crippen MR) is 105 cm³/mol.